The van der Waals surface area contributed by atoms with E-state index >= 15 is 0 Å². The molecule has 2 aromatic heterocycles. The molecule has 0 radical (unpaired) electrons. The molecule has 0 spiro atoms. The van der Waals surface area contributed by atoms with E-state index in [2.05, 4.69) is 36.1 Å². The van der Waals surface area contributed by atoms with Crippen LogP contribution < -0.4 is 10.2 Å². The smallest absolute Gasteiger partial charge is 0.227 e. The molecule has 6 heteroatoms. The first-order chi connectivity index (χ1) is 10.0. The fraction of sp³-hybridized carbons (Fsp3) is 0.400. The second kappa shape index (κ2) is 5.26. The fourth-order valence-electron chi connectivity index (χ4n) is 2.90. The summed E-state index contributed by atoms with van der Waals surface area (Å²) in [6, 6.07) is 3.93. The van der Waals surface area contributed by atoms with Gasteiger partial charge >= 0.3 is 0 Å². The molecule has 1 atom stereocenters. The summed E-state index contributed by atoms with van der Waals surface area (Å²) in [5.74, 6) is 0.0964. The SMILES string of the molecule is CNC(=O)C1(C)CCN(c2ccnc3cc(Br)cnc23)C1. The molecule has 0 saturated carbocycles. The van der Waals surface area contributed by atoms with Crippen LogP contribution in [0.1, 0.15) is 13.3 Å². The molecule has 5 nitrogen and oxygen atoms in total. The Bertz CT molecular complexity index is 705. The lowest BCUT2D eigenvalue weighted by molar-refractivity contribution is -0.128. The molecule has 1 amide bonds. The number of hydrogen-bond donors (Lipinski definition) is 1. The Kier molecular flexibility index (Phi) is 3.57. The number of amides is 1. The predicted octanol–water partition coefficient (Wildman–Crippen LogP) is 2.35. The molecule has 0 bridgehead atoms. The van der Waals surface area contributed by atoms with Crippen molar-refractivity contribution in [1.82, 2.24) is 15.3 Å². The van der Waals surface area contributed by atoms with Crippen LogP contribution in [-0.2, 0) is 4.79 Å². The van der Waals surface area contributed by atoms with Crippen LogP contribution in [0.5, 0.6) is 0 Å². The number of hydrogen-bond acceptors (Lipinski definition) is 4. The van der Waals surface area contributed by atoms with E-state index in [-0.39, 0.29) is 11.3 Å². The minimum Gasteiger partial charge on any atom is -0.369 e. The third kappa shape index (κ3) is 2.48. The van der Waals surface area contributed by atoms with E-state index in [1.807, 2.05) is 19.1 Å². The lowest BCUT2D eigenvalue weighted by Crippen LogP contribution is -2.39. The number of fused-ring (bicyclic) bond motifs is 1. The standard InChI is InChI=1S/C15H17BrN4O/c1-15(14(21)17-2)4-6-20(9-15)12-3-5-18-11-7-10(16)8-19-13(11)12/h3,5,7-8H,4,6,9H2,1-2H3,(H,17,21). The maximum Gasteiger partial charge on any atom is 0.227 e. The summed E-state index contributed by atoms with van der Waals surface area (Å²) in [6.45, 7) is 3.56. The molecule has 0 aliphatic carbocycles. The minimum atomic E-state index is -0.348. The average molecular weight is 349 g/mol. The maximum absolute atomic E-state index is 12.0. The number of pyridine rings is 2. The summed E-state index contributed by atoms with van der Waals surface area (Å²) < 4.78 is 0.913. The van der Waals surface area contributed by atoms with Gasteiger partial charge in [-0.1, -0.05) is 0 Å². The van der Waals surface area contributed by atoms with Crippen molar-refractivity contribution in [1.29, 1.82) is 0 Å². The summed E-state index contributed by atoms with van der Waals surface area (Å²) in [5.41, 5.74) is 2.43. The Balaban J connectivity index is 1.97. The zero-order valence-electron chi connectivity index (χ0n) is 12.1. The molecule has 3 rings (SSSR count). The van der Waals surface area contributed by atoms with Crippen molar-refractivity contribution in [3.8, 4) is 0 Å². The normalized spacial score (nSPS) is 21.8. The fourth-order valence-corrected chi connectivity index (χ4v) is 3.22. The third-order valence-electron chi connectivity index (χ3n) is 4.11. The summed E-state index contributed by atoms with van der Waals surface area (Å²) in [7, 11) is 1.69. The summed E-state index contributed by atoms with van der Waals surface area (Å²) in [5, 5.41) is 2.76. The van der Waals surface area contributed by atoms with Crippen LogP contribution in [-0.4, -0.2) is 36.0 Å². The maximum atomic E-state index is 12.0. The molecule has 2 aromatic rings. The number of nitrogens with one attached hydrogen (secondary N) is 1. The topological polar surface area (TPSA) is 58.1 Å². The number of nitrogens with zero attached hydrogens (tertiary/aromatic N) is 3. The monoisotopic (exact) mass is 348 g/mol. The van der Waals surface area contributed by atoms with Crippen LogP contribution in [0, 0.1) is 5.41 Å². The summed E-state index contributed by atoms with van der Waals surface area (Å²) in [6.07, 6.45) is 4.41. The molecule has 1 saturated heterocycles. The number of aromatic nitrogens is 2. The highest BCUT2D eigenvalue weighted by molar-refractivity contribution is 9.10. The molecular weight excluding hydrogens is 332 g/mol. The van der Waals surface area contributed by atoms with Gasteiger partial charge in [0.25, 0.3) is 0 Å². The van der Waals surface area contributed by atoms with Crippen LogP contribution in [0.4, 0.5) is 5.69 Å². The first-order valence-corrected chi connectivity index (χ1v) is 7.70. The molecule has 3 heterocycles. The van der Waals surface area contributed by atoms with Gasteiger partial charge in [0.15, 0.2) is 0 Å². The van der Waals surface area contributed by atoms with Crippen molar-refractivity contribution in [2.24, 2.45) is 5.41 Å². The highest BCUT2D eigenvalue weighted by Gasteiger charge is 2.40. The molecule has 21 heavy (non-hydrogen) atoms. The Morgan fingerprint density at radius 1 is 1.48 bits per heavy atom. The molecule has 1 fully saturated rings. The van der Waals surface area contributed by atoms with Gasteiger partial charge in [-0.05, 0) is 41.4 Å². The largest absolute Gasteiger partial charge is 0.369 e. The second-order valence-electron chi connectivity index (χ2n) is 5.66. The number of rotatable bonds is 2. The minimum absolute atomic E-state index is 0.0964. The van der Waals surface area contributed by atoms with Crippen LogP contribution >= 0.6 is 15.9 Å². The number of carbonyl (C=O) groups is 1. The van der Waals surface area contributed by atoms with Crippen molar-refractivity contribution < 1.29 is 4.79 Å². The van der Waals surface area contributed by atoms with Crippen LogP contribution in [0.3, 0.4) is 0 Å². The quantitative estimate of drug-likeness (QED) is 0.904. The Hall–Kier alpha value is -1.69. The number of anilines is 1. The second-order valence-corrected chi connectivity index (χ2v) is 6.58. The average Bonchev–Trinajstić information content (AvgIpc) is 2.89. The highest BCUT2D eigenvalue weighted by Crippen LogP contribution is 2.35. The molecule has 110 valence electrons. The Morgan fingerprint density at radius 3 is 3.05 bits per heavy atom. The van der Waals surface area contributed by atoms with E-state index < -0.39 is 0 Å². The molecule has 1 N–H and O–H groups in total. The van der Waals surface area contributed by atoms with Crippen molar-refractivity contribution in [3.63, 3.8) is 0 Å². The first kappa shape index (κ1) is 14.3. The molecular formula is C15H17BrN4O. The van der Waals surface area contributed by atoms with Gasteiger partial charge < -0.3 is 10.2 Å². The Labute approximate surface area is 131 Å². The summed E-state index contributed by atoms with van der Waals surface area (Å²) >= 11 is 3.42. The number of halogens is 1. The van der Waals surface area contributed by atoms with Crippen molar-refractivity contribution >= 4 is 38.6 Å². The van der Waals surface area contributed by atoms with Gasteiger partial charge in [-0.2, -0.15) is 0 Å². The highest BCUT2D eigenvalue weighted by atomic mass is 79.9. The van der Waals surface area contributed by atoms with Gasteiger partial charge in [-0.15, -0.1) is 0 Å². The van der Waals surface area contributed by atoms with E-state index in [0.29, 0.717) is 6.54 Å². The predicted molar refractivity (Wildman–Crippen MR) is 86.2 cm³/mol. The molecule has 1 aliphatic heterocycles. The van der Waals surface area contributed by atoms with Gasteiger partial charge in [0.1, 0.15) is 5.52 Å². The summed E-state index contributed by atoms with van der Waals surface area (Å²) in [4.78, 5) is 23.1. The van der Waals surface area contributed by atoms with Crippen LogP contribution in [0.2, 0.25) is 0 Å². The number of carbonyl (C=O) groups excluding carboxylic acids is 1. The van der Waals surface area contributed by atoms with Crippen LogP contribution in [0.25, 0.3) is 11.0 Å². The third-order valence-corrected chi connectivity index (χ3v) is 4.55. The van der Waals surface area contributed by atoms with E-state index in [4.69, 9.17) is 0 Å². The zero-order valence-corrected chi connectivity index (χ0v) is 13.6. The Morgan fingerprint density at radius 2 is 2.29 bits per heavy atom. The molecule has 0 aromatic carbocycles. The van der Waals surface area contributed by atoms with E-state index in [0.717, 1.165) is 34.2 Å². The van der Waals surface area contributed by atoms with Crippen LogP contribution in [0.15, 0.2) is 29.0 Å². The van der Waals surface area contributed by atoms with Gasteiger partial charge in [-0.3, -0.25) is 14.8 Å². The van der Waals surface area contributed by atoms with E-state index in [9.17, 15) is 4.79 Å². The van der Waals surface area contributed by atoms with Crippen molar-refractivity contribution in [3.05, 3.63) is 29.0 Å². The lowest BCUT2D eigenvalue weighted by atomic mass is 9.89. The van der Waals surface area contributed by atoms with Crippen molar-refractivity contribution in [2.45, 2.75) is 13.3 Å². The van der Waals surface area contributed by atoms with Gasteiger partial charge in [0.05, 0.1) is 16.6 Å². The zero-order chi connectivity index (χ0) is 15.0. The molecule has 1 aliphatic rings. The van der Waals surface area contributed by atoms with E-state index in [1.165, 1.54) is 0 Å². The first-order valence-electron chi connectivity index (χ1n) is 6.91. The molecule has 1 unspecified atom stereocenters. The van der Waals surface area contributed by atoms with Gasteiger partial charge in [-0.25, -0.2) is 0 Å². The van der Waals surface area contributed by atoms with Crippen molar-refractivity contribution in [2.75, 3.05) is 25.0 Å². The van der Waals surface area contributed by atoms with E-state index in [1.54, 1.807) is 19.4 Å². The van der Waals surface area contributed by atoms with Gasteiger partial charge in [0.2, 0.25) is 5.91 Å². The lowest BCUT2D eigenvalue weighted by Gasteiger charge is -2.24. The van der Waals surface area contributed by atoms with Gasteiger partial charge in [0, 0.05) is 37.0 Å².